The van der Waals surface area contributed by atoms with Crippen LogP contribution in [0.3, 0.4) is 0 Å². The number of nitro groups is 1. The standard InChI is InChI=1S/C20H13F6N3O5/c21-19(22,23)15-6-13(3-2-12(15)7-27)28-8-14(34-18(28)20(24,25)26)10-33-17-4-1-11(9-30)5-16(17)29(31)32/h1-6,9,14,18H,8,10H2/t14-,18+/m0/s1. The van der Waals surface area contributed by atoms with Gasteiger partial charge in [0.25, 0.3) is 0 Å². The highest BCUT2D eigenvalue weighted by atomic mass is 19.4. The Hall–Kier alpha value is -3.86. The van der Waals surface area contributed by atoms with Gasteiger partial charge in [-0.1, -0.05) is 0 Å². The molecule has 0 unspecified atom stereocenters. The first-order chi connectivity index (χ1) is 15.8. The smallest absolute Gasteiger partial charge is 0.433 e. The van der Waals surface area contributed by atoms with Gasteiger partial charge in [-0.05, 0) is 30.3 Å². The molecule has 0 bridgehead atoms. The average Bonchev–Trinajstić information content (AvgIpc) is 3.21. The highest BCUT2D eigenvalue weighted by Crippen LogP contribution is 2.39. The van der Waals surface area contributed by atoms with Crippen LogP contribution in [0.5, 0.6) is 5.75 Å². The van der Waals surface area contributed by atoms with Gasteiger partial charge in [0, 0.05) is 17.3 Å². The van der Waals surface area contributed by atoms with E-state index in [9.17, 15) is 41.3 Å². The Bertz CT molecular complexity index is 1140. The molecule has 0 amide bonds. The van der Waals surface area contributed by atoms with E-state index < -0.39 is 65.3 Å². The largest absolute Gasteiger partial charge is 0.484 e. The highest BCUT2D eigenvalue weighted by Gasteiger charge is 2.51. The maximum atomic E-state index is 13.6. The molecule has 0 radical (unpaired) electrons. The second-order valence-electron chi connectivity index (χ2n) is 7.06. The molecule has 0 saturated carbocycles. The van der Waals surface area contributed by atoms with Gasteiger partial charge in [-0.15, -0.1) is 0 Å². The Morgan fingerprint density at radius 1 is 1.21 bits per heavy atom. The number of alkyl halides is 6. The van der Waals surface area contributed by atoms with Crippen molar-refractivity contribution in [2.24, 2.45) is 0 Å². The molecule has 8 nitrogen and oxygen atoms in total. The number of carbonyl (C=O) groups is 1. The van der Waals surface area contributed by atoms with Gasteiger partial charge in [0.05, 0.1) is 28.7 Å². The molecule has 1 aliphatic rings. The summed E-state index contributed by atoms with van der Waals surface area (Å²) in [6.07, 6.45) is -13.6. The van der Waals surface area contributed by atoms with Crippen molar-refractivity contribution in [3.05, 3.63) is 63.2 Å². The SMILES string of the molecule is N#Cc1ccc(N2C[C@@H](COc3ccc(C=O)cc3[N+](=O)[O-])O[C@@H]2C(F)(F)F)cc1C(F)(F)F. The lowest BCUT2D eigenvalue weighted by Gasteiger charge is -2.27. The van der Waals surface area contributed by atoms with Gasteiger partial charge in [-0.25, -0.2) is 0 Å². The number of nitriles is 1. The number of anilines is 1. The number of rotatable bonds is 6. The Morgan fingerprint density at radius 2 is 1.91 bits per heavy atom. The van der Waals surface area contributed by atoms with Crippen molar-refractivity contribution in [3.8, 4) is 11.8 Å². The van der Waals surface area contributed by atoms with Crippen molar-refractivity contribution in [2.75, 3.05) is 18.1 Å². The summed E-state index contributed by atoms with van der Waals surface area (Å²) in [5.74, 6) is -0.334. The molecule has 34 heavy (non-hydrogen) atoms. The number of nitrogens with zero attached hydrogens (tertiary/aromatic N) is 3. The van der Waals surface area contributed by atoms with Crippen molar-refractivity contribution >= 4 is 17.7 Å². The lowest BCUT2D eigenvalue weighted by molar-refractivity contribution is -0.386. The van der Waals surface area contributed by atoms with Crippen molar-refractivity contribution in [3.63, 3.8) is 0 Å². The third-order valence-electron chi connectivity index (χ3n) is 4.79. The molecule has 2 aromatic carbocycles. The molecule has 1 fully saturated rings. The van der Waals surface area contributed by atoms with Crippen LogP contribution in [0.4, 0.5) is 37.7 Å². The molecule has 2 aromatic rings. The lowest BCUT2D eigenvalue weighted by Crippen LogP contribution is -2.42. The van der Waals surface area contributed by atoms with Crippen molar-refractivity contribution in [1.82, 2.24) is 0 Å². The van der Waals surface area contributed by atoms with E-state index in [0.29, 0.717) is 17.3 Å². The molecule has 14 heteroatoms. The summed E-state index contributed by atoms with van der Waals surface area (Å²) in [7, 11) is 0. The first kappa shape index (κ1) is 24.8. The van der Waals surface area contributed by atoms with Crippen molar-refractivity contribution < 1.29 is 45.5 Å². The topological polar surface area (TPSA) is 106 Å². The second-order valence-corrected chi connectivity index (χ2v) is 7.06. The molecule has 0 aliphatic carbocycles. The van der Waals surface area contributed by atoms with E-state index in [-0.39, 0.29) is 11.3 Å². The summed E-state index contributed by atoms with van der Waals surface area (Å²) in [5, 5.41) is 20.1. The predicted octanol–water partition coefficient (Wildman–Crippen LogP) is 4.47. The first-order valence-electron chi connectivity index (χ1n) is 9.31. The van der Waals surface area contributed by atoms with E-state index in [1.165, 1.54) is 12.1 Å². The zero-order chi connectivity index (χ0) is 25.3. The summed E-state index contributed by atoms with van der Waals surface area (Å²) >= 11 is 0. The van der Waals surface area contributed by atoms with Crippen LogP contribution >= 0.6 is 0 Å². The zero-order valence-corrected chi connectivity index (χ0v) is 16.8. The monoisotopic (exact) mass is 489 g/mol. The molecular weight excluding hydrogens is 476 g/mol. The Labute approximate surface area is 187 Å². The fraction of sp³-hybridized carbons (Fsp3) is 0.300. The fourth-order valence-corrected chi connectivity index (χ4v) is 3.30. The molecule has 0 spiro atoms. The Balaban J connectivity index is 1.87. The minimum atomic E-state index is -5.00. The van der Waals surface area contributed by atoms with E-state index >= 15 is 0 Å². The van der Waals surface area contributed by atoms with Gasteiger partial charge >= 0.3 is 18.0 Å². The molecule has 0 N–H and O–H groups in total. The Morgan fingerprint density at radius 3 is 2.47 bits per heavy atom. The summed E-state index contributed by atoms with van der Waals surface area (Å²) in [4.78, 5) is 21.7. The lowest BCUT2D eigenvalue weighted by atomic mass is 10.1. The van der Waals surface area contributed by atoms with Gasteiger partial charge in [0.1, 0.15) is 19.0 Å². The van der Waals surface area contributed by atoms with E-state index in [0.717, 1.165) is 24.3 Å². The number of hydrogen-bond acceptors (Lipinski definition) is 7. The van der Waals surface area contributed by atoms with Gasteiger partial charge in [0.15, 0.2) is 5.75 Å². The van der Waals surface area contributed by atoms with Crippen LogP contribution in [0.1, 0.15) is 21.5 Å². The summed E-state index contributed by atoms with van der Waals surface area (Å²) in [5.41, 5.74) is -3.28. The van der Waals surface area contributed by atoms with Crippen LogP contribution in [-0.2, 0) is 10.9 Å². The summed E-state index contributed by atoms with van der Waals surface area (Å²) in [6, 6.07) is 6.66. The van der Waals surface area contributed by atoms with E-state index in [1.54, 1.807) is 0 Å². The number of benzene rings is 2. The van der Waals surface area contributed by atoms with Crippen LogP contribution in [-0.4, -0.2) is 42.9 Å². The van der Waals surface area contributed by atoms with Crippen molar-refractivity contribution in [1.29, 1.82) is 5.26 Å². The molecule has 1 saturated heterocycles. The van der Waals surface area contributed by atoms with Gasteiger partial charge in [0.2, 0.25) is 6.23 Å². The van der Waals surface area contributed by atoms with E-state index in [4.69, 9.17) is 14.7 Å². The van der Waals surface area contributed by atoms with Gasteiger partial charge in [-0.2, -0.15) is 31.6 Å². The van der Waals surface area contributed by atoms with Crippen LogP contribution in [0.25, 0.3) is 0 Å². The molecule has 180 valence electrons. The molecule has 2 atom stereocenters. The van der Waals surface area contributed by atoms with E-state index in [2.05, 4.69) is 0 Å². The van der Waals surface area contributed by atoms with Gasteiger partial charge < -0.3 is 14.4 Å². The fourth-order valence-electron chi connectivity index (χ4n) is 3.30. The third kappa shape index (κ3) is 5.20. The maximum Gasteiger partial charge on any atom is 0.433 e. The maximum absolute atomic E-state index is 13.6. The van der Waals surface area contributed by atoms with Gasteiger partial charge in [-0.3, -0.25) is 14.9 Å². The quantitative estimate of drug-likeness (QED) is 0.255. The number of carbonyl (C=O) groups excluding carboxylic acids is 1. The molecule has 1 heterocycles. The second kappa shape index (κ2) is 9.18. The number of nitro benzene ring substituents is 1. The zero-order valence-electron chi connectivity index (χ0n) is 16.8. The minimum absolute atomic E-state index is 0.0271. The summed E-state index contributed by atoms with van der Waals surface area (Å²) < 4.78 is 90.6. The average molecular weight is 489 g/mol. The molecule has 0 aromatic heterocycles. The minimum Gasteiger partial charge on any atom is -0.484 e. The van der Waals surface area contributed by atoms with Crippen molar-refractivity contribution in [2.45, 2.75) is 24.7 Å². The molecular formula is C20H13F6N3O5. The highest BCUT2D eigenvalue weighted by molar-refractivity contribution is 5.77. The number of ether oxygens (including phenoxy) is 2. The molecule has 3 rings (SSSR count). The number of hydrogen-bond donors (Lipinski definition) is 0. The van der Waals surface area contributed by atoms with Crippen LogP contribution in [0, 0.1) is 21.4 Å². The number of aldehydes is 1. The Kier molecular flexibility index (Phi) is 6.69. The molecule has 1 aliphatic heterocycles. The third-order valence-corrected chi connectivity index (χ3v) is 4.79. The first-order valence-corrected chi connectivity index (χ1v) is 9.31. The van der Waals surface area contributed by atoms with Crippen LogP contribution in [0.15, 0.2) is 36.4 Å². The van der Waals surface area contributed by atoms with Crippen LogP contribution < -0.4 is 9.64 Å². The van der Waals surface area contributed by atoms with Crippen LogP contribution in [0.2, 0.25) is 0 Å². The normalized spacial score (nSPS) is 18.4. The summed E-state index contributed by atoms with van der Waals surface area (Å²) in [6.45, 7) is -1.17. The predicted molar refractivity (Wildman–Crippen MR) is 102 cm³/mol. The number of halogens is 6. The van der Waals surface area contributed by atoms with E-state index in [1.807, 2.05) is 0 Å².